The highest BCUT2D eigenvalue weighted by molar-refractivity contribution is 7.45. The van der Waals surface area contributed by atoms with Crippen LogP contribution >= 0.6 is 7.82 Å². The van der Waals surface area contributed by atoms with Crippen LogP contribution in [0.5, 0.6) is 0 Å². The van der Waals surface area contributed by atoms with Crippen molar-refractivity contribution >= 4 is 7.82 Å². The van der Waals surface area contributed by atoms with Gasteiger partial charge >= 0.3 is 7.82 Å². The molecule has 1 atom stereocenters. The van der Waals surface area contributed by atoms with E-state index in [1.165, 1.54) is 89.9 Å². The third-order valence-corrected chi connectivity index (χ3v) is 4.51. The molecular formula is C19H44NO4P. The van der Waals surface area contributed by atoms with Gasteiger partial charge in [-0.15, -0.1) is 0 Å². The van der Waals surface area contributed by atoms with Crippen molar-refractivity contribution in [3.8, 4) is 0 Å². The standard InChI is InChI=1S/C19H41N.H3O4P/c1-5-7-9-11-12-14-16-18-19(20(3)4)17-15-13-10-8-6-2;1-5(2,3)4/h19H,5-18H2,1-4H3;(H3,1,2,3,4). The van der Waals surface area contributed by atoms with E-state index in [1.807, 2.05) is 0 Å². The molecule has 0 aromatic heterocycles. The van der Waals surface area contributed by atoms with Gasteiger partial charge in [-0.05, 0) is 26.9 Å². The molecular weight excluding hydrogens is 337 g/mol. The first-order valence-corrected chi connectivity index (χ1v) is 11.7. The Balaban J connectivity index is 0. The van der Waals surface area contributed by atoms with Crippen LogP contribution in [-0.2, 0) is 4.57 Å². The van der Waals surface area contributed by atoms with Crippen molar-refractivity contribution in [1.82, 2.24) is 4.90 Å². The van der Waals surface area contributed by atoms with E-state index in [2.05, 4.69) is 32.8 Å². The van der Waals surface area contributed by atoms with Gasteiger partial charge in [0.05, 0.1) is 0 Å². The Bertz CT molecular complexity index is 300. The Morgan fingerprint density at radius 3 is 1.24 bits per heavy atom. The van der Waals surface area contributed by atoms with Crippen molar-refractivity contribution in [2.24, 2.45) is 0 Å². The summed E-state index contributed by atoms with van der Waals surface area (Å²) in [5, 5.41) is 0. The summed E-state index contributed by atoms with van der Waals surface area (Å²) in [6.07, 6.45) is 19.9. The summed E-state index contributed by atoms with van der Waals surface area (Å²) < 4.78 is 8.88. The van der Waals surface area contributed by atoms with Crippen LogP contribution in [0.3, 0.4) is 0 Å². The second-order valence-electron chi connectivity index (χ2n) is 7.24. The van der Waals surface area contributed by atoms with Crippen molar-refractivity contribution in [3.63, 3.8) is 0 Å². The summed E-state index contributed by atoms with van der Waals surface area (Å²) in [7, 11) is -0.115. The van der Waals surface area contributed by atoms with Gasteiger partial charge in [0.1, 0.15) is 0 Å². The smallest absolute Gasteiger partial charge is 0.306 e. The highest BCUT2D eigenvalue weighted by Gasteiger charge is 2.10. The number of hydrogen-bond donors (Lipinski definition) is 3. The third kappa shape index (κ3) is 29.1. The quantitative estimate of drug-likeness (QED) is 0.258. The minimum Gasteiger partial charge on any atom is -0.306 e. The lowest BCUT2D eigenvalue weighted by Crippen LogP contribution is -2.27. The van der Waals surface area contributed by atoms with Crippen molar-refractivity contribution in [1.29, 1.82) is 0 Å². The molecule has 0 spiro atoms. The minimum absolute atomic E-state index is 0.826. The van der Waals surface area contributed by atoms with Crippen LogP contribution in [0.15, 0.2) is 0 Å². The molecule has 0 fully saturated rings. The van der Waals surface area contributed by atoms with Gasteiger partial charge in [-0.3, -0.25) is 0 Å². The van der Waals surface area contributed by atoms with E-state index >= 15 is 0 Å². The number of unbranched alkanes of at least 4 members (excludes halogenated alkanes) is 10. The highest BCUT2D eigenvalue weighted by atomic mass is 31.2. The maximum Gasteiger partial charge on any atom is 0.466 e. The average molecular weight is 382 g/mol. The van der Waals surface area contributed by atoms with Crippen molar-refractivity contribution in [2.75, 3.05) is 14.1 Å². The van der Waals surface area contributed by atoms with E-state index in [0.717, 1.165) is 6.04 Å². The van der Waals surface area contributed by atoms with E-state index < -0.39 is 7.82 Å². The molecule has 0 amide bonds. The molecule has 0 saturated carbocycles. The second kappa shape index (κ2) is 18.8. The van der Waals surface area contributed by atoms with E-state index in [0.29, 0.717) is 0 Å². The number of rotatable bonds is 15. The molecule has 25 heavy (non-hydrogen) atoms. The summed E-state index contributed by atoms with van der Waals surface area (Å²) >= 11 is 0. The predicted octanol–water partition coefficient (Wildman–Crippen LogP) is 5.49. The molecule has 0 saturated heterocycles. The molecule has 6 heteroatoms. The maximum absolute atomic E-state index is 8.88. The van der Waals surface area contributed by atoms with Crippen LogP contribution in [0.4, 0.5) is 0 Å². The van der Waals surface area contributed by atoms with Crippen LogP contribution in [0, 0.1) is 0 Å². The predicted molar refractivity (Wildman–Crippen MR) is 108 cm³/mol. The maximum atomic E-state index is 8.88. The zero-order chi connectivity index (χ0) is 19.6. The second-order valence-corrected chi connectivity index (χ2v) is 8.27. The average Bonchev–Trinajstić information content (AvgIpc) is 2.50. The fourth-order valence-corrected chi connectivity index (χ4v) is 2.98. The first-order chi connectivity index (χ1) is 11.7. The largest absolute Gasteiger partial charge is 0.466 e. The first-order valence-electron chi connectivity index (χ1n) is 10.2. The van der Waals surface area contributed by atoms with E-state index in [9.17, 15) is 0 Å². The Kier molecular flexibility index (Phi) is 20.6. The molecule has 0 radical (unpaired) electrons. The number of phosphoric acid groups is 1. The number of nitrogens with zero attached hydrogens (tertiary/aromatic N) is 1. The third-order valence-electron chi connectivity index (χ3n) is 4.51. The molecule has 154 valence electrons. The van der Waals surface area contributed by atoms with Gasteiger partial charge in [0.2, 0.25) is 0 Å². The van der Waals surface area contributed by atoms with Gasteiger partial charge in [0.25, 0.3) is 0 Å². The highest BCUT2D eigenvalue weighted by Crippen LogP contribution is 2.25. The Morgan fingerprint density at radius 1 is 0.680 bits per heavy atom. The van der Waals surface area contributed by atoms with Gasteiger partial charge < -0.3 is 19.6 Å². The Morgan fingerprint density at radius 2 is 0.960 bits per heavy atom. The number of hydrogen-bond acceptors (Lipinski definition) is 2. The van der Waals surface area contributed by atoms with Crippen molar-refractivity contribution < 1.29 is 19.2 Å². The van der Waals surface area contributed by atoms with E-state index in [-0.39, 0.29) is 0 Å². The summed E-state index contributed by atoms with van der Waals surface area (Å²) in [4.78, 5) is 24.0. The lowest BCUT2D eigenvalue weighted by Gasteiger charge is -2.24. The zero-order valence-corrected chi connectivity index (χ0v) is 18.0. The lowest BCUT2D eigenvalue weighted by molar-refractivity contribution is 0.251. The van der Waals surface area contributed by atoms with Gasteiger partial charge in [0, 0.05) is 6.04 Å². The van der Waals surface area contributed by atoms with Crippen molar-refractivity contribution in [2.45, 2.75) is 110 Å². The van der Waals surface area contributed by atoms with E-state index in [4.69, 9.17) is 19.2 Å². The lowest BCUT2D eigenvalue weighted by atomic mass is 9.99. The van der Waals surface area contributed by atoms with Gasteiger partial charge in [0.15, 0.2) is 0 Å². The van der Waals surface area contributed by atoms with Crippen LogP contribution in [0.25, 0.3) is 0 Å². The van der Waals surface area contributed by atoms with Gasteiger partial charge in [-0.1, -0.05) is 90.9 Å². The molecule has 3 N–H and O–H groups in total. The molecule has 0 aliphatic carbocycles. The zero-order valence-electron chi connectivity index (χ0n) is 17.1. The fourth-order valence-electron chi connectivity index (χ4n) is 2.98. The SMILES string of the molecule is CCCCCCCCCC(CCCCCCC)N(C)C.O=P(O)(O)O. The molecule has 0 aromatic carbocycles. The summed E-state index contributed by atoms with van der Waals surface area (Å²) in [5.41, 5.74) is 0. The van der Waals surface area contributed by atoms with Crippen LogP contribution in [-0.4, -0.2) is 39.7 Å². The minimum atomic E-state index is -4.64. The normalized spacial score (nSPS) is 12.8. The Labute approximate surface area is 156 Å². The Hall–Kier alpha value is 0.0700. The van der Waals surface area contributed by atoms with Crippen LogP contribution < -0.4 is 0 Å². The molecule has 1 unspecified atom stereocenters. The molecule has 5 nitrogen and oxygen atoms in total. The summed E-state index contributed by atoms with van der Waals surface area (Å²) in [5.74, 6) is 0. The van der Waals surface area contributed by atoms with E-state index in [1.54, 1.807) is 0 Å². The topological polar surface area (TPSA) is 81.0 Å². The van der Waals surface area contributed by atoms with Gasteiger partial charge in [-0.25, -0.2) is 4.57 Å². The van der Waals surface area contributed by atoms with Crippen LogP contribution in [0.1, 0.15) is 104 Å². The molecule has 0 heterocycles. The molecule has 0 aliphatic heterocycles. The fraction of sp³-hybridized carbons (Fsp3) is 1.00. The molecule has 0 bridgehead atoms. The first kappa shape index (κ1) is 27.3. The summed E-state index contributed by atoms with van der Waals surface area (Å²) in [6, 6.07) is 0.826. The monoisotopic (exact) mass is 381 g/mol. The molecule has 0 aliphatic rings. The molecule has 0 rings (SSSR count). The van der Waals surface area contributed by atoms with Gasteiger partial charge in [-0.2, -0.15) is 0 Å². The van der Waals surface area contributed by atoms with Crippen LogP contribution in [0.2, 0.25) is 0 Å². The summed E-state index contributed by atoms with van der Waals surface area (Å²) in [6.45, 7) is 4.59. The molecule has 0 aromatic rings. The van der Waals surface area contributed by atoms with Crippen molar-refractivity contribution in [3.05, 3.63) is 0 Å².